The third-order valence-electron chi connectivity index (χ3n) is 4.29. The lowest BCUT2D eigenvalue weighted by atomic mass is 10.1. The van der Waals surface area contributed by atoms with Crippen LogP contribution in [-0.4, -0.2) is 93.8 Å². The molecule has 0 heterocycles. The van der Waals surface area contributed by atoms with E-state index >= 15 is 0 Å². The van der Waals surface area contributed by atoms with Crippen molar-refractivity contribution in [2.24, 2.45) is 5.73 Å². The van der Waals surface area contributed by atoms with E-state index in [0.29, 0.717) is 17.9 Å². The minimum Gasteiger partial charge on any atom is -0.481 e. The maximum absolute atomic E-state index is 12.7. The lowest BCUT2D eigenvalue weighted by Crippen LogP contribution is -2.57. The molecule has 0 aromatic rings. The van der Waals surface area contributed by atoms with Crippen LogP contribution in [0.5, 0.6) is 0 Å². The molecule has 11 nitrogen and oxygen atoms in total. The number of aliphatic carboxylic acids is 2. The third-order valence-corrected chi connectivity index (χ3v) is 5.94. The molecule has 0 aromatic heterocycles. The predicted octanol–water partition coefficient (Wildman–Crippen LogP) is -0.846. The summed E-state index contributed by atoms with van der Waals surface area (Å²) in [5.41, 5.74) is 5.81. The van der Waals surface area contributed by atoms with Gasteiger partial charge in [0.1, 0.15) is 18.1 Å². The van der Waals surface area contributed by atoms with Crippen molar-refractivity contribution < 1.29 is 34.2 Å². The second kappa shape index (κ2) is 16.9. The van der Waals surface area contributed by atoms with Crippen LogP contribution in [0.25, 0.3) is 0 Å². The molecule has 0 saturated carbocycles. The first-order chi connectivity index (χ1) is 15.1. The van der Waals surface area contributed by atoms with Crippen LogP contribution in [0.3, 0.4) is 0 Å². The first-order valence-electron chi connectivity index (χ1n) is 9.77. The molecule has 0 radical (unpaired) electrons. The highest BCUT2D eigenvalue weighted by Gasteiger charge is 2.29. The quantitative estimate of drug-likeness (QED) is 0.121. The van der Waals surface area contributed by atoms with Crippen LogP contribution in [0.4, 0.5) is 0 Å². The smallest absolute Gasteiger partial charge is 0.326 e. The molecule has 4 atom stereocenters. The normalized spacial score (nSPS) is 14.5. The number of nitrogens with two attached hydrogens (primary N) is 1. The van der Waals surface area contributed by atoms with Gasteiger partial charge in [-0.15, -0.1) is 0 Å². The molecule has 7 N–H and O–H groups in total. The fourth-order valence-electron chi connectivity index (χ4n) is 2.42. The van der Waals surface area contributed by atoms with Crippen molar-refractivity contribution in [3.05, 3.63) is 0 Å². The Hall–Kier alpha value is -1.64. The first kappa shape index (κ1) is 30.4. The number of carbonyl (C=O) groups excluding carboxylic acids is 3. The molecule has 4 unspecified atom stereocenters. The molecule has 0 rings (SSSR count). The highest BCUT2D eigenvalue weighted by molar-refractivity contribution is 7.98. The Kier molecular flexibility index (Phi) is 16.1. The van der Waals surface area contributed by atoms with E-state index in [1.807, 2.05) is 6.26 Å². The maximum atomic E-state index is 12.7. The van der Waals surface area contributed by atoms with Crippen molar-refractivity contribution in [2.45, 2.75) is 49.9 Å². The van der Waals surface area contributed by atoms with Crippen molar-refractivity contribution >= 4 is 65.8 Å². The number of carboxylic acids is 2. The fraction of sp³-hybridized carbons (Fsp3) is 0.722. The minimum absolute atomic E-state index is 0.0416. The Labute approximate surface area is 201 Å². The van der Waals surface area contributed by atoms with Gasteiger partial charge in [-0.2, -0.15) is 36.2 Å². The highest BCUT2D eigenvalue weighted by Crippen LogP contribution is 2.06. The van der Waals surface area contributed by atoms with Gasteiger partial charge >= 0.3 is 11.9 Å². The molecule has 0 bridgehead atoms. The zero-order chi connectivity index (χ0) is 24.7. The van der Waals surface area contributed by atoms with E-state index in [9.17, 15) is 29.1 Å². The zero-order valence-corrected chi connectivity index (χ0v) is 20.6. The van der Waals surface area contributed by atoms with Crippen molar-refractivity contribution in [1.82, 2.24) is 16.0 Å². The average molecular weight is 513 g/mol. The number of amides is 3. The number of nitrogens with one attached hydrogen (secondary N) is 3. The van der Waals surface area contributed by atoms with Crippen LogP contribution >= 0.6 is 36.2 Å². The summed E-state index contributed by atoms with van der Waals surface area (Å²) in [5, 5.41) is 25.3. The van der Waals surface area contributed by atoms with Gasteiger partial charge in [0.15, 0.2) is 0 Å². The monoisotopic (exact) mass is 512 g/mol. The largest absolute Gasteiger partial charge is 0.481 e. The number of carbonyl (C=O) groups is 5. The third kappa shape index (κ3) is 12.4. The van der Waals surface area contributed by atoms with Gasteiger partial charge in [-0.05, 0) is 43.3 Å². The predicted molar refractivity (Wildman–Crippen MR) is 128 cm³/mol. The van der Waals surface area contributed by atoms with Gasteiger partial charge in [-0.25, -0.2) is 4.79 Å². The second-order valence-corrected chi connectivity index (χ2v) is 9.14. The molecule has 0 aliphatic heterocycles. The Balaban J connectivity index is 5.18. The van der Waals surface area contributed by atoms with Gasteiger partial charge in [0.05, 0.1) is 6.04 Å². The van der Waals surface area contributed by atoms with Gasteiger partial charge < -0.3 is 31.9 Å². The van der Waals surface area contributed by atoms with E-state index in [-0.39, 0.29) is 18.6 Å². The number of hydrogen-bond acceptors (Lipinski definition) is 9. The van der Waals surface area contributed by atoms with E-state index in [1.165, 1.54) is 23.5 Å². The Bertz CT molecular complexity index is 654. The molecular weight excluding hydrogens is 480 g/mol. The van der Waals surface area contributed by atoms with Gasteiger partial charge in [0.2, 0.25) is 17.7 Å². The molecule has 32 heavy (non-hydrogen) atoms. The summed E-state index contributed by atoms with van der Waals surface area (Å²) in [5.74, 6) is -3.39. The molecule has 184 valence electrons. The van der Waals surface area contributed by atoms with Crippen LogP contribution < -0.4 is 21.7 Å². The molecular formula is C18H32N4O7S3. The van der Waals surface area contributed by atoms with Crippen LogP contribution in [0.2, 0.25) is 0 Å². The van der Waals surface area contributed by atoms with Crippen LogP contribution in [0, 0.1) is 0 Å². The molecule has 14 heteroatoms. The summed E-state index contributed by atoms with van der Waals surface area (Å²) in [6.07, 6.45) is 3.57. The van der Waals surface area contributed by atoms with Crippen LogP contribution in [-0.2, 0) is 24.0 Å². The molecule has 0 aliphatic carbocycles. The molecule has 0 aromatic carbocycles. The second-order valence-electron chi connectivity index (χ2n) is 6.81. The lowest BCUT2D eigenvalue weighted by Gasteiger charge is -2.24. The van der Waals surface area contributed by atoms with Gasteiger partial charge in [-0.3, -0.25) is 19.2 Å². The highest BCUT2D eigenvalue weighted by atomic mass is 32.2. The van der Waals surface area contributed by atoms with Gasteiger partial charge in [-0.1, -0.05) is 0 Å². The van der Waals surface area contributed by atoms with Gasteiger partial charge in [0.25, 0.3) is 0 Å². The van der Waals surface area contributed by atoms with Gasteiger partial charge in [0, 0.05) is 12.2 Å². The van der Waals surface area contributed by atoms with E-state index in [1.54, 1.807) is 6.26 Å². The van der Waals surface area contributed by atoms with Crippen LogP contribution in [0.1, 0.15) is 25.7 Å². The summed E-state index contributed by atoms with van der Waals surface area (Å²) in [7, 11) is 0. The maximum Gasteiger partial charge on any atom is 0.326 e. The van der Waals surface area contributed by atoms with E-state index in [4.69, 9.17) is 10.8 Å². The van der Waals surface area contributed by atoms with Crippen LogP contribution in [0.15, 0.2) is 0 Å². The van der Waals surface area contributed by atoms with E-state index in [2.05, 4.69) is 28.6 Å². The summed E-state index contributed by atoms with van der Waals surface area (Å²) in [6, 6.07) is -4.33. The fourth-order valence-corrected chi connectivity index (χ4v) is 3.64. The Morgan fingerprint density at radius 3 is 1.81 bits per heavy atom. The molecule has 0 aliphatic rings. The first-order valence-corrected chi connectivity index (χ1v) is 13.2. The Morgan fingerprint density at radius 1 is 0.812 bits per heavy atom. The number of hydrogen-bond donors (Lipinski definition) is 7. The number of rotatable bonds is 17. The van der Waals surface area contributed by atoms with Crippen molar-refractivity contribution in [3.8, 4) is 0 Å². The molecule has 3 amide bonds. The summed E-state index contributed by atoms with van der Waals surface area (Å²) >= 11 is 7.04. The van der Waals surface area contributed by atoms with Crippen molar-refractivity contribution in [3.63, 3.8) is 0 Å². The topological polar surface area (TPSA) is 188 Å². The summed E-state index contributed by atoms with van der Waals surface area (Å²) < 4.78 is 0. The van der Waals surface area contributed by atoms with Crippen molar-refractivity contribution in [2.75, 3.05) is 29.8 Å². The van der Waals surface area contributed by atoms with E-state index in [0.717, 1.165) is 0 Å². The minimum atomic E-state index is -1.41. The standard InChI is InChI=1S/C18H32N4O7S3/c1-31-7-5-10(19)15(25)22-13(9-30)17(27)20-11(6-8-32-2)16(26)21-12(18(28)29)3-4-14(23)24/h10-13,30H,3-9,19H2,1-2H3,(H,20,27)(H,21,26)(H,22,25)(H,23,24)(H,28,29). The Morgan fingerprint density at radius 2 is 1.31 bits per heavy atom. The van der Waals surface area contributed by atoms with E-state index < -0.39 is 60.2 Å². The molecule has 0 fully saturated rings. The number of carboxylic acid groups (broad SMARTS) is 2. The molecule has 0 saturated heterocycles. The number of thioether (sulfide) groups is 2. The zero-order valence-electron chi connectivity index (χ0n) is 18.0. The SMILES string of the molecule is CSCCC(N)C(=O)NC(CS)C(=O)NC(CCSC)C(=O)NC(CCC(=O)O)C(=O)O. The average Bonchev–Trinajstić information content (AvgIpc) is 2.74. The summed E-state index contributed by atoms with van der Waals surface area (Å²) in [4.78, 5) is 59.6. The summed E-state index contributed by atoms with van der Waals surface area (Å²) in [6.45, 7) is 0. The lowest BCUT2D eigenvalue weighted by molar-refractivity contribution is -0.143. The number of thiol groups is 1. The van der Waals surface area contributed by atoms with Crippen molar-refractivity contribution in [1.29, 1.82) is 0 Å². The molecule has 0 spiro atoms.